The van der Waals surface area contributed by atoms with Crippen molar-refractivity contribution < 1.29 is 9.53 Å². The van der Waals surface area contributed by atoms with Crippen LogP contribution in [-0.4, -0.2) is 26.1 Å². The smallest absolute Gasteiger partial charge is 0.226 e. The number of para-hydroxylation sites is 1. The lowest BCUT2D eigenvalue weighted by Crippen LogP contribution is -2.42. The molecule has 0 radical (unpaired) electrons. The highest BCUT2D eigenvalue weighted by molar-refractivity contribution is 5.81. The Labute approximate surface area is 121 Å². The Hall–Kier alpha value is -1.55. The van der Waals surface area contributed by atoms with E-state index >= 15 is 0 Å². The minimum Gasteiger partial charge on any atom is -0.494 e. The zero-order chi connectivity index (χ0) is 15.2. The summed E-state index contributed by atoms with van der Waals surface area (Å²) < 4.78 is 5.64. The number of benzene rings is 1. The first kappa shape index (κ1) is 16.5. The standard InChI is InChI=1S/C16H26N2O2/c1-6-20-14-10-8-7-9-13(14)12(2)18-11-16(3,4)15(19)17-5/h7-10,12,18H,6,11H2,1-5H3,(H,17,19). The van der Waals surface area contributed by atoms with Gasteiger partial charge in [0.05, 0.1) is 12.0 Å². The number of nitrogens with one attached hydrogen (secondary N) is 2. The first-order chi connectivity index (χ1) is 9.42. The van der Waals surface area contributed by atoms with Crippen LogP contribution in [0.25, 0.3) is 0 Å². The van der Waals surface area contributed by atoms with E-state index in [-0.39, 0.29) is 11.9 Å². The fraction of sp³-hybridized carbons (Fsp3) is 0.562. The predicted molar refractivity (Wildman–Crippen MR) is 81.9 cm³/mol. The summed E-state index contributed by atoms with van der Waals surface area (Å²) in [6, 6.07) is 8.12. The Morgan fingerprint density at radius 1 is 1.35 bits per heavy atom. The minimum atomic E-state index is -0.441. The quantitative estimate of drug-likeness (QED) is 0.805. The molecule has 0 saturated heterocycles. The fourth-order valence-corrected chi connectivity index (χ4v) is 2.06. The van der Waals surface area contributed by atoms with Crippen LogP contribution in [0.3, 0.4) is 0 Å². The van der Waals surface area contributed by atoms with E-state index in [1.54, 1.807) is 7.05 Å². The molecular formula is C16H26N2O2. The van der Waals surface area contributed by atoms with Gasteiger partial charge in [0.15, 0.2) is 0 Å². The van der Waals surface area contributed by atoms with Crippen molar-refractivity contribution in [2.45, 2.75) is 33.7 Å². The van der Waals surface area contributed by atoms with E-state index < -0.39 is 5.41 Å². The summed E-state index contributed by atoms with van der Waals surface area (Å²) in [6.07, 6.45) is 0. The molecule has 0 aliphatic rings. The van der Waals surface area contributed by atoms with Gasteiger partial charge in [-0.05, 0) is 33.8 Å². The number of rotatable bonds is 7. The molecule has 1 atom stereocenters. The van der Waals surface area contributed by atoms with Gasteiger partial charge in [0.2, 0.25) is 5.91 Å². The van der Waals surface area contributed by atoms with Gasteiger partial charge in [0, 0.05) is 25.2 Å². The van der Waals surface area contributed by atoms with Crippen molar-refractivity contribution in [3.05, 3.63) is 29.8 Å². The van der Waals surface area contributed by atoms with Crippen molar-refractivity contribution in [2.24, 2.45) is 5.41 Å². The zero-order valence-corrected chi connectivity index (χ0v) is 13.1. The molecule has 1 aromatic rings. The van der Waals surface area contributed by atoms with Crippen LogP contribution in [0.15, 0.2) is 24.3 Å². The third kappa shape index (κ3) is 4.23. The van der Waals surface area contributed by atoms with Gasteiger partial charge in [0.1, 0.15) is 5.75 Å². The van der Waals surface area contributed by atoms with Crippen molar-refractivity contribution in [1.82, 2.24) is 10.6 Å². The maximum absolute atomic E-state index is 11.8. The number of hydrogen-bond donors (Lipinski definition) is 2. The zero-order valence-electron chi connectivity index (χ0n) is 13.1. The van der Waals surface area contributed by atoms with Crippen LogP contribution in [-0.2, 0) is 4.79 Å². The minimum absolute atomic E-state index is 0.0373. The molecule has 4 heteroatoms. The molecule has 20 heavy (non-hydrogen) atoms. The van der Waals surface area contributed by atoms with Crippen LogP contribution in [0.5, 0.6) is 5.75 Å². The molecule has 4 nitrogen and oxygen atoms in total. The lowest BCUT2D eigenvalue weighted by atomic mass is 9.91. The molecule has 0 aliphatic carbocycles. The lowest BCUT2D eigenvalue weighted by molar-refractivity contribution is -0.128. The largest absolute Gasteiger partial charge is 0.494 e. The summed E-state index contributed by atoms with van der Waals surface area (Å²) in [6.45, 7) is 9.17. The Morgan fingerprint density at radius 3 is 2.60 bits per heavy atom. The van der Waals surface area contributed by atoms with Crippen molar-refractivity contribution >= 4 is 5.91 Å². The number of ether oxygens (including phenoxy) is 1. The van der Waals surface area contributed by atoms with Crippen LogP contribution >= 0.6 is 0 Å². The van der Waals surface area contributed by atoms with Gasteiger partial charge >= 0.3 is 0 Å². The molecule has 1 rings (SSSR count). The first-order valence-corrected chi connectivity index (χ1v) is 7.09. The second-order valence-corrected chi connectivity index (χ2v) is 5.54. The highest BCUT2D eigenvalue weighted by atomic mass is 16.5. The van der Waals surface area contributed by atoms with Crippen LogP contribution < -0.4 is 15.4 Å². The molecular weight excluding hydrogens is 252 g/mol. The van der Waals surface area contributed by atoms with Gasteiger partial charge in [-0.3, -0.25) is 4.79 Å². The van der Waals surface area contributed by atoms with Crippen LogP contribution in [0.1, 0.15) is 39.3 Å². The summed E-state index contributed by atoms with van der Waals surface area (Å²) in [7, 11) is 1.66. The molecule has 1 unspecified atom stereocenters. The highest BCUT2D eigenvalue weighted by Crippen LogP contribution is 2.25. The number of hydrogen-bond acceptors (Lipinski definition) is 3. The molecule has 1 amide bonds. The van der Waals surface area contributed by atoms with Gasteiger partial charge < -0.3 is 15.4 Å². The lowest BCUT2D eigenvalue weighted by Gasteiger charge is -2.26. The third-order valence-corrected chi connectivity index (χ3v) is 3.38. The Balaban J connectivity index is 2.72. The topological polar surface area (TPSA) is 50.4 Å². The normalized spacial score (nSPS) is 12.8. The average molecular weight is 278 g/mol. The van der Waals surface area contributed by atoms with Crippen LogP contribution in [0, 0.1) is 5.41 Å². The van der Waals surface area contributed by atoms with E-state index in [0.717, 1.165) is 11.3 Å². The van der Waals surface area contributed by atoms with E-state index in [1.807, 2.05) is 39.0 Å². The molecule has 0 bridgehead atoms. The fourth-order valence-electron chi connectivity index (χ4n) is 2.06. The molecule has 0 fully saturated rings. The second kappa shape index (κ2) is 7.29. The number of carbonyl (C=O) groups is 1. The van der Waals surface area contributed by atoms with Gasteiger partial charge in [0.25, 0.3) is 0 Å². The summed E-state index contributed by atoms with van der Waals surface area (Å²) in [5.41, 5.74) is 0.672. The van der Waals surface area contributed by atoms with E-state index in [4.69, 9.17) is 4.74 Å². The molecule has 1 aromatic carbocycles. The Kier molecular flexibility index (Phi) is 6.02. The van der Waals surface area contributed by atoms with Crippen LogP contribution in [0.2, 0.25) is 0 Å². The maximum Gasteiger partial charge on any atom is 0.226 e. The number of carbonyl (C=O) groups excluding carboxylic acids is 1. The van der Waals surface area contributed by atoms with E-state index in [9.17, 15) is 4.79 Å². The van der Waals surface area contributed by atoms with Crippen molar-refractivity contribution in [2.75, 3.05) is 20.2 Å². The van der Waals surface area contributed by atoms with Gasteiger partial charge in [-0.2, -0.15) is 0 Å². The summed E-state index contributed by atoms with van der Waals surface area (Å²) in [4.78, 5) is 11.8. The van der Waals surface area contributed by atoms with Gasteiger partial charge in [-0.15, -0.1) is 0 Å². The molecule has 0 saturated carbocycles. The third-order valence-electron chi connectivity index (χ3n) is 3.38. The summed E-state index contributed by atoms with van der Waals surface area (Å²) in [5, 5.41) is 6.11. The van der Waals surface area contributed by atoms with Crippen molar-refractivity contribution in [1.29, 1.82) is 0 Å². The SMILES string of the molecule is CCOc1ccccc1C(C)NCC(C)(C)C(=O)NC. The molecule has 0 aliphatic heterocycles. The second-order valence-electron chi connectivity index (χ2n) is 5.54. The molecule has 0 spiro atoms. The predicted octanol–water partition coefficient (Wildman–Crippen LogP) is 2.51. The van der Waals surface area contributed by atoms with Gasteiger partial charge in [-0.25, -0.2) is 0 Å². The average Bonchev–Trinajstić information content (AvgIpc) is 2.45. The molecule has 2 N–H and O–H groups in total. The van der Waals surface area contributed by atoms with Gasteiger partial charge in [-0.1, -0.05) is 18.2 Å². The highest BCUT2D eigenvalue weighted by Gasteiger charge is 2.27. The molecule has 112 valence electrons. The molecule has 0 aromatic heterocycles. The van der Waals surface area contributed by atoms with E-state index in [2.05, 4.69) is 23.6 Å². The Morgan fingerprint density at radius 2 is 2.00 bits per heavy atom. The number of amides is 1. The van der Waals surface area contributed by atoms with Crippen molar-refractivity contribution in [3.63, 3.8) is 0 Å². The maximum atomic E-state index is 11.8. The van der Waals surface area contributed by atoms with E-state index in [1.165, 1.54) is 0 Å². The summed E-state index contributed by atoms with van der Waals surface area (Å²) in [5.74, 6) is 0.933. The first-order valence-electron chi connectivity index (χ1n) is 7.09. The molecule has 0 heterocycles. The Bertz CT molecular complexity index is 444. The summed E-state index contributed by atoms with van der Waals surface area (Å²) >= 11 is 0. The van der Waals surface area contributed by atoms with Crippen LogP contribution in [0.4, 0.5) is 0 Å². The van der Waals surface area contributed by atoms with E-state index in [0.29, 0.717) is 13.2 Å². The van der Waals surface area contributed by atoms with Crippen molar-refractivity contribution in [3.8, 4) is 5.75 Å². The monoisotopic (exact) mass is 278 g/mol.